The molecule has 0 aliphatic carbocycles. The molecule has 0 heterocycles. The van der Waals surface area contributed by atoms with Crippen LogP contribution >= 0.6 is 15.9 Å². The molecule has 0 aliphatic heterocycles. The minimum absolute atomic E-state index is 0.0620. The molecule has 1 aromatic rings. The molecule has 0 saturated carbocycles. The van der Waals surface area contributed by atoms with E-state index in [0.29, 0.717) is 4.47 Å². The lowest BCUT2D eigenvalue weighted by Crippen LogP contribution is -2.28. The molecule has 3 N–H and O–H groups in total. The molecule has 4 heteroatoms. The summed E-state index contributed by atoms with van der Waals surface area (Å²) >= 11 is 3.22. The van der Waals surface area contributed by atoms with Crippen LogP contribution in [-0.4, -0.2) is 0 Å². The third-order valence-corrected chi connectivity index (χ3v) is 3.05. The van der Waals surface area contributed by atoms with E-state index in [1.807, 2.05) is 12.1 Å². The van der Waals surface area contributed by atoms with Crippen molar-refractivity contribution in [1.82, 2.24) is 5.43 Å². The van der Waals surface area contributed by atoms with Crippen molar-refractivity contribution >= 4 is 15.9 Å². The van der Waals surface area contributed by atoms with Crippen LogP contribution in [0.3, 0.4) is 0 Å². The van der Waals surface area contributed by atoms with E-state index in [1.165, 1.54) is 6.07 Å². The van der Waals surface area contributed by atoms with Crippen LogP contribution in [-0.2, 0) is 0 Å². The van der Waals surface area contributed by atoms with Gasteiger partial charge < -0.3 is 0 Å². The molecule has 82 valence electrons. The van der Waals surface area contributed by atoms with Crippen molar-refractivity contribution in [3.63, 3.8) is 0 Å². The van der Waals surface area contributed by atoms with Crippen LogP contribution in [0.15, 0.2) is 35.3 Å². The average Bonchev–Trinajstić information content (AvgIpc) is 2.25. The van der Waals surface area contributed by atoms with Crippen molar-refractivity contribution < 1.29 is 4.39 Å². The van der Waals surface area contributed by atoms with Crippen LogP contribution in [0.2, 0.25) is 0 Å². The molecule has 1 rings (SSSR count). The molecule has 1 aromatic carbocycles. The second-order valence-electron chi connectivity index (χ2n) is 3.23. The fraction of sp³-hybridized carbons (Fsp3) is 0.273. The topological polar surface area (TPSA) is 38.0 Å². The molecule has 0 saturated heterocycles. The Kier molecular flexibility index (Phi) is 4.94. The van der Waals surface area contributed by atoms with Crippen molar-refractivity contribution in [2.45, 2.75) is 18.9 Å². The Morgan fingerprint density at radius 2 is 2.33 bits per heavy atom. The van der Waals surface area contributed by atoms with Gasteiger partial charge in [-0.25, -0.2) is 4.39 Å². The second kappa shape index (κ2) is 6.00. The summed E-state index contributed by atoms with van der Waals surface area (Å²) in [4.78, 5) is 0. The third-order valence-electron chi connectivity index (χ3n) is 2.22. The highest BCUT2D eigenvalue weighted by molar-refractivity contribution is 9.10. The van der Waals surface area contributed by atoms with Gasteiger partial charge in [-0.15, -0.1) is 6.58 Å². The fourth-order valence-corrected chi connectivity index (χ4v) is 1.94. The minimum atomic E-state index is -0.272. The van der Waals surface area contributed by atoms with Crippen LogP contribution in [0.4, 0.5) is 4.39 Å². The average molecular weight is 273 g/mol. The van der Waals surface area contributed by atoms with Crippen molar-refractivity contribution in [1.29, 1.82) is 0 Å². The summed E-state index contributed by atoms with van der Waals surface area (Å²) in [7, 11) is 0. The predicted molar refractivity (Wildman–Crippen MR) is 63.6 cm³/mol. The lowest BCUT2D eigenvalue weighted by Gasteiger charge is -2.17. The molecular formula is C11H14BrFN2. The summed E-state index contributed by atoms with van der Waals surface area (Å²) in [6.45, 7) is 3.65. The smallest absolute Gasteiger partial charge is 0.137 e. The van der Waals surface area contributed by atoms with Gasteiger partial charge >= 0.3 is 0 Å². The van der Waals surface area contributed by atoms with Gasteiger partial charge in [0.1, 0.15) is 5.82 Å². The number of nitrogens with one attached hydrogen (secondary N) is 1. The normalized spacial score (nSPS) is 12.5. The van der Waals surface area contributed by atoms with Gasteiger partial charge in [-0.3, -0.25) is 11.3 Å². The summed E-state index contributed by atoms with van der Waals surface area (Å²) in [6.07, 6.45) is 3.44. The highest BCUT2D eigenvalue weighted by Crippen LogP contribution is 2.28. The van der Waals surface area contributed by atoms with E-state index in [0.717, 1.165) is 18.4 Å². The summed E-state index contributed by atoms with van der Waals surface area (Å²) in [5, 5.41) is 0. The zero-order valence-corrected chi connectivity index (χ0v) is 9.93. The van der Waals surface area contributed by atoms with Gasteiger partial charge in [-0.2, -0.15) is 0 Å². The third kappa shape index (κ3) is 3.12. The molecule has 0 spiro atoms. The molecule has 0 radical (unpaired) electrons. The molecule has 0 fully saturated rings. The molecule has 1 atom stereocenters. The summed E-state index contributed by atoms with van der Waals surface area (Å²) < 4.78 is 13.7. The predicted octanol–water partition coefficient (Wildman–Crippen LogP) is 3.06. The van der Waals surface area contributed by atoms with Crippen LogP contribution in [0, 0.1) is 5.82 Å². The molecule has 0 amide bonds. The van der Waals surface area contributed by atoms with Gasteiger partial charge in [0.2, 0.25) is 0 Å². The van der Waals surface area contributed by atoms with Crippen molar-refractivity contribution in [2.24, 2.45) is 5.84 Å². The summed E-state index contributed by atoms with van der Waals surface area (Å²) in [5.41, 5.74) is 3.51. The highest BCUT2D eigenvalue weighted by atomic mass is 79.9. The Balaban J connectivity index is 2.90. The molecular weight excluding hydrogens is 259 g/mol. The van der Waals surface area contributed by atoms with Crippen molar-refractivity contribution in [3.8, 4) is 0 Å². The molecule has 0 aliphatic rings. The van der Waals surface area contributed by atoms with E-state index in [9.17, 15) is 4.39 Å². The lowest BCUT2D eigenvalue weighted by molar-refractivity contribution is 0.513. The Hall–Kier alpha value is -0.710. The monoisotopic (exact) mass is 272 g/mol. The fourth-order valence-electron chi connectivity index (χ4n) is 1.40. The Morgan fingerprint density at radius 3 is 2.93 bits per heavy atom. The lowest BCUT2D eigenvalue weighted by atomic mass is 10.0. The zero-order valence-electron chi connectivity index (χ0n) is 8.34. The number of hydrazine groups is 1. The molecule has 15 heavy (non-hydrogen) atoms. The summed E-state index contributed by atoms with van der Waals surface area (Å²) in [5.74, 6) is 5.17. The molecule has 0 aromatic heterocycles. The minimum Gasteiger partial charge on any atom is -0.271 e. The Morgan fingerprint density at radius 1 is 1.60 bits per heavy atom. The van der Waals surface area contributed by atoms with Gasteiger partial charge in [-0.05, 0) is 40.4 Å². The summed E-state index contributed by atoms with van der Waals surface area (Å²) in [6, 6.07) is 4.87. The number of halogens is 2. The van der Waals surface area contributed by atoms with E-state index >= 15 is 0 Å². The Labute approximate surface area is 97.5 Å². The molecule has 2 nitrogen and oxygen atoms in total. The number of allylic oxidation sites excluding steroid dienone is 1. The first-order valence-electron chi connectivity index (χ1n) is 4.71. The van der Waals surface area contributed by atoms with Gasteiger partial charge in [0, 0.05) is 6.04 Å². The maximum atomic E-state index is 13.3. The van der Waals surface area contributed by atoms with Crippen LogP contribution in [0.5, 0.6) is 0 Å². The van der Waals surface area contributed by atoms with Crippen LogP contribution in [0.1, 0.15) is 24.4 Å². The van der Waals surface area contributed by atoms with E-state index in [4.69, 9.17) is 5.84 Å². The van der Waals surface area contributed by atoms with E-state index < -0.39 is 0 Å². The highest BCUT2D eigenvalue weighted by Gasteiger charge is 2.14. The Bertz CT molecular complexity index is 341. The number of hydrogen-bond acceptors (Lipinski definition) is 2. The maximum absolute atomic E-state index is 13.3. The number of hydrogen-bond donors (Lipinski definition) is 2. The number of nitrogens with two attached hydrogens (primary N) is 1. The van der Waals surface area contributed by atoms with Crippen LogP contribution < -0.4 is 11.3 Å². The molecule has 0 bridgehead atoms. The van der Waals surface area contributed by atoms with E-state index in [-0.39, 0.29) is 11.9 Å². The number of benzene rings is 1. The van der Waals surface area contributed by atoms with E-state index in [2.05, 4.69) is 27.9 Å². The van der Waals surface area contributed by atoms with Crippen LogP contribution in [0.25, 0.3) is 0 Å². The van der Waals surface area contributed by atoms with Crippen molar-refractivity contribution in [3.05, 3.63) is 46.7 Å². The van der Waals surface area contributed by atoms with E-state index in [1.54, 1.807) is 6.07 Å². The maximum Gasteiger partial charge on any atom is 0.137 e. The van der Waals surface area contributed by atoms with Gasteiger partial charge in [0.25, 0.3) is 0 Å². The SMILES string of the molecule is C=CCCC(NN)c1cccc(F)c1Br. The van der Waals surface area contributed by atoms with Crippen molar-refractivity contribution in [2.75, 3.05) is 0 Å². The number of rotatable bonds is 5. The van der Waals surface area contributed by atoms with Gasteiger partial charge in [0.15, 0.2) is 0 Å². The largest absolute Gasteiger partial charge is 0.271 e. The zero-order chi connectivity index (χ0) is 11.3. The van der Waals surface area contributed by atoms with Gasteiger partial charge in [-0.1, -0.05) is 18.2 Å². The first-order valence-corrected chi connectivity index (χ1v) is 5.51. The standard InChI is InChI=1S/C11H14BrFN2/c1-2-3-7-10(15-14)8-5-4-6-9(13)11(8)12/h2,4-6,10,15H,1,3,7,14H2. The second-order valence-corrected chi connectivity index (χ2v) is 4.02. The van der Waals surface area contributed by atoms with Gasteiger partial charge in [0.05, 0.1) is 4.47 Å². The molecule has 1 unspecified atom stereocenters. The first-order chi connectivity index (χ1) is 7.20. The first kappa shape index (κ1) is 12.4. The quantitative estimate of drug-likeness (QED) is 0.491.